The van der Waals surface area contributed by atoms with E-state index in [9.17, 15) is 0 Å². The summed E-state index contributed by atoms with van der Waals surface area (Å²) >= 11 is 5.99. The average molecular weight is 317 g/mol. The van der Waals surface area contributed by atoms with Gasteiger partial charge in [0.05, 0.1) is 0 Å². The maximum atomic E-state index is 5.99. The third-order valence-corrected chi connectivity index (χ3v) is 6.38. The Morgan fingerprint density at radius 1 is 1.00 bits per heavy atom. The number of aryl methyl sites for hydroxylation is 2. The van der Waals surface area contributed by atoms with Crippen LogP contribution in [0.2, 0.25) is 11.1 Å². The van der Waals surface area contributed by atoms with E-state index >= 15 is 0 Å². The molecule has 5 heteroatoms. The quantitative estimate of drug-likeness (QED) is 0.638. The first kappa shape index (κ1) is 17.7. The number of hydrogen-bond acceptors (Lipinski definition) is 3. The van der Waals surface area contributed by atoms with Gasteiger partial charge in [-0.05, 0) is 57.4 Å². The molecule has 0 aliphatic rings. The van der Waals surface area contributed by atoms with E-state index in [1.165, 1.54) is 11.1 Å². The van der Waals surface area contributed by atoms with E-state index in [4.69, 9.17) is 24.9 Å². The van der Waals surface area contributed by atoms with E-state index in [2.05, 4.69) is 13.0 Å². The fraction of sp³-hybridized carbons (Fsp3) is 0.600. The maximum Gasteiger partial charge on any atom is 0.501 e. The molecule has 1 aromatic carbocycles. The van der Waals surface area contributed by atoms with Gasteiger partial charge in [-0.3, -0.25) is 0 Å². The van der Waals surface area contributed by atoms with Crippen LogP contribution in [0.3, 0.4) is 0 Å². The van der Waals surface area contributed by atoms with E-state index < -0.39 is 8.80 Å². The summed E-state index contributed by atoms with van der Waals surface area (Å²) in [5.41, 5.74) is 2.47. The molecule has 114 valence electrons. The molecule has 3 nitrogen and oxygen atoms in total. The van der Waals surface area contributed by atoms with Crippen LogP contribution in [0.5, 0.6) is 0 Å². The molecular formula is C15H25ClO3Si. The van der Waals surface area contributed by atoms with Crippen LogP contribution in [-0.2, 0) is 19.7 Å². The normalized spacial score (nSPS) is 11.8. The fourth-order valence-corrected chi connectivity index (χ4v) is 5.03. The Bertz CT molecular complexity index is 395. The second kappa shape index (κ2) is 8.80. The van der Waals surface area contributed by atoms with Crippen molar-refractivity contribution in [2.45, 2.75) is 40.2 Å². The summed E-state index contributed by atoms with van der Waals surface area (Å²) in [5, 5.41) is 0.772. The highest BCUT2D eigenvalue weighted by Crippen LogP contribution is 2.22. The maximum absolute atomic E-state index is 5.99. The molecule has 0 saturated carbocycles. The molecule has 0 aromatic heterocycles. The summed E-state index contributed by atoms with van der Waals surface area (Å²) in [7, 11) is -2.55. The Morgan fingerprint density at radius 2 is 1.55 bits per heavy atom. The summed E-state index contributed by atoms with van der Waals surface area (Å²) in [5.74, 6) is 0. The first-order chi connectivity index (χ1) is 9.56. The summed E-state index contributed by atoms with van der Waals surface area (Å²) < 4.78 is 17.6. The highest BCUT2D eigenvalue weighted by atomic mass is 35.5. The van der Waals surface area contributed by atoms with Crippen molar-refractivity contribution in [3.63, 3.8) is 0 Å². The number of rotatable bonds is 9. The molecule has 0 atom stereocenters. The van der Waals surface area contributed by atoms with E-state index in [0.717, 1.165) is 17.5 Å². The van der Waals surface area contributed by atoms with Crippen molar-refractivity contribution < 1.29 is 13.3 Å². The van der Waals surface area contributed by atoms with Crippen molar-refractivity contribution in [3.05, 3.63) is 34.3 Å². The molecule has 0 heterocycles. The number of hydrogen-bond donors (Lipinski definition) is 0. The van der Waals surface area contributed by atoms with Gasteiger partial charge in [-0.25, -0.2) is 0 Å². The van der Waals surface area contributed by atoms with E-state index in [1.54, 1.807) is 0 Å². The minimum Gasteiger partial charge on any atom is -0.374 e. The van der Waals surface area contributed by atoms with Crippen molar-refractivity contribution in [2.24, 2.45) is 0 Å². The minimum atomic E-state index is -2.55. The van der Waals surface area contributed by atoms with Crippen LogP contribution in [0.15, 0.2) is 18.2 Å². The van der Waals surface area contributed by atoms with Crippen LogP contribution in [0.1, 0.15) is 31.9 Å². The van der Waals surface area contributed by atoms with Gasteiger partial charge in [0.25, 0.3) is 0 Å². The Kier molecular flexibility index (Phi) is 7.77. The SMILES string of the molecule is CCO[Si](CCc1ccc(Cl)cc1C)(OCC)OCC. The molecule has 0 N–H and O–H groups in total. The zero-order valence-corrected chi connectivity index (χ0v) is 14.6. The first-order valence-electron chi connectivity index (χ1n) is 7.23. The van der Waals surface area contributed by atoms with Crippen molar-refractivity contribution in [1.82, 2.24) is 0 Å². The monoisotopic (exact) mass is 316 g/mol. The van der Waals surface area contributed by atoms with Gasteiger partial charge in [0, 0.05) is 30.9 Å². The standard InChI is InChI=1S/C15H25ClO3Si/c1-5-17-20(18-6-2,19-7-3)11-10-14-8-9-15(16)12-13(14)4/h8-9,12H,5-7,10-11H2,1-4H3. The molecule has 1 rings (SSSR count). The topological polar surface area (TPSA) is 27.7 Å². The Hall–Kier alpha value is -0.393. The molecule has 1 aromatic rings. The first-order valence-corrected chi connectivity index (χ1v) is 9.54. The third-order valence-electron chi connectivity index (χ3n) is 3.10. The predicted octanol–water partition coefficient (Wildman–Crippen LogP) is 4.24. The van der Waals surface area contributed by atoms with Gasteiger partial charge in [-0.2, -0.15) is 0 Å². The van der Waals surface area contributed by atoms with Gasteiger partial charge < -0.3 is 13.3 Å². The lowest BCUT2D eigenvalue weighted by molar-refractivity contribution is 0.0714. The molecule has 0 fully saturated rings. The zero-order chi connectivity index (χ0) is 15.0. The molecular weight excluding hydrogens is 292 g/mol. The number of benzene rings is 1. The van der Waals surface area contributed by atoms with Crippen LogP contribution < -0.4 is 0 Å². The lowest BCUT2D eigenvalue weighted by Gasteiger charge is -2.28. The molecule has 0 saturated heterocycles. The van der Waals surface area contributed by atoms with Crippen LogP contribution in [-0.4, -0.2) is 28.6 Å². The average Bonchev–Trinajstić information content (AvgIpc) is 2.38. The minimum absolute atomic E-state index is 0.617. The van der Waals surface area contributed by atoms with Crippen molar-refractivity contribution in [3.8, 4) is 0 Å². The van der Waals surface area contributed by atoms with Crippen LogP contribution in [0.25, 0.3) is 0 Å². The van der Waals surface area contributed by atoms with Gasteiger partial charge in [0.15, 0.2) is 0 Å². The van der Waals surface area contributed by atoms with E-state index in [-0.39, 0.29) is 0 Å². The second-order valence-corrected chi connectivity index (χ2v) is 7.72. The van der Waals surface area contributed by atoms with Crippen molar-refractivity contribution >= 4 is 20.4 Å². The van der Waals surface area contributed by atoms with Gasteiger partial charge in [-0.1, -0.05) is 17.7 Å². The molecule has 0 radical (unpaired) electrons. The lowest BCUT2D eigenvalue weighted by atomic mass is 10.1. The van der Waals surface area contributed by atoms with E-state index in [0.29, 0.717) is 19.8 Å². The highest BCUT2D eigenvalue weighted by molar-refractivity contribution is 6.60. The molecule has 20 heavy (non-hydrogen) atoms. The predicted molar refractivity (Wildman–Crippen MR) is 85.3 cm³/mol. The van der Waals surface area contributed by atoms with Crippen LogP contribution in [0, 0.1) is 6.92 Å². The second-order valence-electron chi connectivity index (χ2n) is 4.55. The molecule has 0 aliphatic heterocycles. The highest BCUT2D eigenvalue weighted by Gasteiger charge is 2.39. The van der Waals surface area contributed by atoms with Crippen LogP contribution in [0.4, 0.5) is 0 Å². The van der Waals surface area contributed by atoms with Crippen LogP contribution >= 0.6 is 11.6 Å². The Balaban J connectivity index is 2.78. The smallest absolute Gasteiger partial charge is 0.374 e. The van der Waals surface area contributed by atoms with Gasteiger partial charge in [-0.15, -0.1) is 0 Å². The Morgan fingerprint density at radius 3 is 2.00 bits per heavy atom. The molecule has 0 spiro atoms. The summed E-state index contributed by atoms with van der Waals surface area (Å²) in [6.07, 6.45) is 0.884. The van der Waals surface area contributed by atoms with Crippen molar-refractivity contribution in [2.75, 3.05) is 19.8 Å². The lowest BCUT2D eigenvalue weighted by Crippen LogP contribution is -2.46. The van der Waals surface area contributed by atoms with Crippen molar-refractivity contribution in [1.29, 1.82) is 0 Å². The Labute approximate surface area is 128 Å². The molecule has 0 bridgehead atoms. The van der Waals surface area contributed by atoms with Gasteiger partial charge >= 0.3 is 8.80 Å². The molecule has 0 unspecified atom stereocenters. The summed E-state index contributed by atoms with van der Waals surface area (Å²) in [6.45, 7) is 9.87. The summed E-state index contributed by atoms with van der Waals surface area (Å²) in [6, 6.07) is 6.78. The number of halogens is 1. The third kappa shape index (κ3) is 5.18. The van der Waals surface area contributed by atoms with Gasteiger partial charge in [0.2, 0.25) is 0 Å². The molecule has 0 amide bonds. The fourth-order valence-electron chi connectivity index (χ4n) is 2.23. The molecule has 0 aliphatic carbocycles. The largest absolute Gasteiger partial charge is 0.501 e. The van der Waals surface area contributed by atoms with Gasteiger partial charge in [0.1, 0.15) is 0 Å². The summed E-state index contributed by atoms with van der Waals surface area (Å²) in [4.78, 5) is 0. The van der Waals surface area contributed by atoms with E-state index in [1.807, 2.05) is 32.9 Å². The zero-order valence-electron chi connectivity index (χ0n) is 12.9.